The molecule has 282 valence electrons. The van der Waals surface area contributed by atoms with Crippen molar-refractivity contribution < 1.29 is 5.48 Å². The summed E-state index contributed by atoms with van der Waals surface area (Å²) in [7, 11) is 0. The van der Waals surface area contributed by atoms with Gasteiger partial charge in [-0.05, 0) is 110 Å². The predicted octanol–water partition coefficient (Wildman–Crippen LogP) is 16.1. The van der Waals surface area contributed by atoms with Gasteiger partial charge in [0.2, 0.25) is 0 Å². The van der Waals surface area contributed by atoms with Crippen LogP contribution in [0, 0.1) is 0 Å². The Morgan fingerprint density at radius 1 is 0.333 bits per heavy atom. The molecule has 0 unspecified atom stereocenters. The Morgan fingerprint density at radius 3 is 1.62 bits per heavy atom. The molecule has 1 aromatic heterocycles. The van der Waals surface area contributed by atoms with Crippen LogP contribution in [0.3, 0.4) is 0 Å². The van der Waals surface area contributed by atoms with Gasteiger partial charge in [0.1, 0.15) is 0 Å². The molecule has 2 nitrogen and oxygen atoms in total. The molecule has 2 heteroatoms. The van der Waals surface area contributed by atoms with Crippen molar-refractivity contribution >= 4 is 49.6 Å². The van der Waals surface area contributed by atoms with Crippen molar-refractivity contribution in [1.29, 1.82) is 0 Å². The van der Waals surface area contributed by atoms with Gasteiger partial charge >= 0.3 is 0 Å². The quantitative estimate of drug-likeness (QED) is 0.149. The first-order chi connectivity index (χ1) is 31.4. The average molecular weight is 769 g/mol. The largest absolute Gasteiger partial charge is 0.310 e. The Bertz CT molecular complexity index is 3500. The van der Waals surface area contributed by atoms with Crippen LogP contribution in [0.5, 0.6) is 0 Å². The molecule has 0 saturated carbocycles. The summed E-state index contributed by atoms with van der Waals surface area (Å²) in [5.41, 5.74) is 11.8. The van der Waals surface area contributed by atoms with Gasteiger partial charge in [-0.3, -0.25) is 0 Å². The maximum Gasteiger partial charge on any atom is 0.0645 e. The lowest BCUT2D eigenvalue weighted by Gasteiger charge is -2.28. The van der Waals surface area contributed by atoms with Gasteiger partial charge < -0.3 is 9.47 Å². The fraction of sp³-hybridized carbons (Fsp3) is 0. The summed E-state index contributed by atoms with van der Waals surface area (Å²) in [5, 5.41) is 4.33. The molecule has 0 spiro atoms. The van der Waals surface area contributed by atoms with Gasteiger partial charge in [-0.1, -0.05) is 182 Å². The van der Waals surface area contributed by atoms with Crippen molar-refractivity contribution in [2.24, 2.45) is 0 Å². The monoisotopic (exact) mass is 768 g/mol. The second-order valence-electron chi connectivity index (χ2n) is 15.0. The Balaban J connectivity index is 1.05. The number of benzene rings is 10. The number of aromatic nitrogens is 1. The van der Waals surface area contributed by atoms with Crippen LogP contribution < -0.4 is 4.90 Å². The first-order valence-electron chi connectivity index (χ1n) is 22.3. The van der Waals surface area contributed by atoms with Crippen molar-refractivity contribution in [3.8, 4) is 50.2 Å². The molecule has 60 heavy (non-hydrogen) atoms. The van der Waals surface area contributed by atoms with Crippen LogP contribution in [-0.2, 0) is 0 Å². The molecule has 11 aromatic rings. The van der Waals surface area contributed by atoms with E-state index in [4.69, 9.17) is 0 Å². The van der Waals surface area contributed by atoms with Crippen LogP contribution in [0.2, 0.25) is 0 Å². The summed E-state index contributed by atoms with van der Waals surface area (Å²) in [6.07, 6.45) is 0. The van der Waals surface area contributed by atoms with Gasteiger partial charge in [-0.25, -0.2) is 0 Å². The Morgan fingerprint density at radius 2 is 0.883 bits per heavy atom. The molecular formula is C58H40N2. The molecule has 11 rings (SSSR count). The summed E-state index contributed by atoms with van der Waals surface area (Å²) < 4.78 is 41.0. The zero-order valence-electron chi connectivity index (χ0n) is 36.7. The summed E-state index contributed by atoms with van der Waals surface area (Å²) >= 11 is 0. The van der Waals surface area contributed by atoms with Gasteiger partial charge in [0, 0.05) is 33.4 Å². The van der Waals surface area contributed by atoms with Crippen molar-refractivity contribution in [3.63, 3.8) is 0 Å². The summed E-state index contributed by atoms with van der Waals surface area (Å²) in [6.45, 7) is 0. The Labute approximate surface area is 356 Å². The SMILES string of the molecule is [2H]c1c([2H])c(N(c2ccc(-c3ccc(-c4ccccc4)cc3)cc2)c2ccccc2-c2ccccc2)c([2H])c([2H])c1-c1ccc2c(c1)c1ccccc1n2-c1ccc2ccccc2c1. The van der Waals surface area contributed by atoms with E-state index in [1.54, 1.807) is 0 Å². The average Bonchev–Trinajstić information content (AvgIpc) is 3.69. The van der Waals surface area contributed by atoms with E-state index < -0.39 is 0 Å². The van der Waals surface area contributed by atoms with Gasteiger partial charge in [0.25, 0.3) is 0 Å². The smallest absolute Gasteiger partial charge is 0.0645 e. The molecule has 0 aliphatic carbocycles. The molecule has 0 aliphatic heterocycles. The number of hydrogen-bond donors (Lipinski definition) is 0. The van der Waals surface area contributed by atoms with Crippen LogP contribution >= 0.6 is 0 Å². The van der Waals surface area contributed by atoms with Gasteiger partial charge in [0.15, 0.2) is 0 Å². The number of nitrogens with zero attached hydrogens (tertiary/aromatic N) is 2. The lowest BCUT2D eigenvalue weighted by Crippen LogP contribution is -2.11. The highest BCUT2D eigenvalue weighted by molar-refractivity contribution is 6.10. The molecule has 0 atom stereocenters. The van der Waals surface area contributed by atoms with Gasteiger partial charge in [0.05, 0.1) is 22.2 Å². The molecule has 0 aliphatic rings. The standard InChI is InChI=1S/C58H40N2/c1-3-13-41(14-4-1)43-23-25-44(26-24-43)45-27-33-50(34-28-45)59(56-21-11-9-19-53(56)47-16-5-2-6-17-47)51-35-29-46(30-36-51)49-32-38-58-55(40-49)54-20-10-12-22-57(54)60(58)52-37-31-42-15-7-8-18-48(42)39-52/h1-40H/i29D,30D,35D,36D. The van der Waals surface area contributed by atoms with E-state index in [1.165, 1.54) is 5.39 Å². The lowest BCUT2D eigenvalue weighted by molar-refractivity contribution is 1.19. The van der Waals surface area contributed by atoms with Crippen molar-refractivity contribution in [2.75, 3.05) is 4.90 Å². The molecule has 0 bridgehead atoms. The highest BCUT2D eigenvalue weighted by Gasteiger charge is 2.18. The van der Waals surface area contributed by atoms with Crippen LogP contribution in [0.15, 0.2) is 243 Å². The third-order valence-electron chi connectivity index (χ3n) is 11.5. The number of fused-ring (bicyclic) bond motifs is 4. The molecule has 0 fully saturated rings. The van der Waals surface area contributed by atoms with E-state index in [9.17, 15) is 5.48 Å². The number of anilines is 3. The molecule has 0 N–H and O–H groups in total. The molecule has 0 amide bonds. The number of rotatable bonds is 8. The summed E-state index contributed by atoms with van der Waals surface area (Å²) in [5.74, 6) is 0. The molecule has 0 radical (unpaired) electrons. The number of para-hydroxylation sites is 2. The summed E-state index contributed by atoms with van der Waals surface area (Å²) in [6, 6.07) is 73.6. The lowest BCUT2D eigenvalue weighted by atomic mass is 9.99. The first-order valence-corrected chi connectivity index (χ1v) is 20.3. The zero-order valence-corrected chi connectivity index (χ0v) is 32.7. The van der Waals surface area contributed by atoms with Crippen molar-refractivity contribution in [1.82, 2.24) is 4.57 Å². The third-order valence-corrected chi connectivity index (χ3v) is 11.5. The third kappa shape index (κ3) is 6.41. The van der Waals surface area contributed by atoms with Gasteiger partial charge in [-0.15, -0.1) is 0 Å². The fourth-order valence-corrected chi connectivity index (χ4v) is 8.49. The molecule has 1 heterocycles. The maximum atomic E-state index is 9.73. The Hall–Kier alpha value is -7.94. The zero-order chi connectivity index (χ0) is 43.3. The Kier molecular flexibility index (Phi) is 7.83. The van der Waals surface area contributed by atoms with E-state index in [-0.39, 0.29) is 35.4 Å². The van der Waals surface area contributed by atoms with E-state index in [1.807, 2.05) is 126 Å². The van der Waals surface area contributed by atoms with E-state index in [2.05, 4.69) is 102 Å². The topological polar surface area (TPSA) is 8.17 Å². The van der Waals surface area contributed by atoms with Crippen LogP contribution in [0.25, 0.3) is 82.8 Å². The van der Waals surface area contributed by atoms with Crippen molar-refractivity contribution in [2.45, 2.75) is 0 Å². The van der Waals surface area contributed by atoms with E-state index in [0.29, 0.717) is 11.3 Å². The van der Waals surface area contributed by atoms with E-state index in [0.717, 1.165) is 71.9 Å². The second-order valence-corrected chi connectivity index (χ2v) is 15.0. The van der Waals surface area contributed by atoms with Crippen LogP contribution in [0.4, 0.5) is 17.1 Å². The molecule has 0 saturated heterocycles. The molecule has 10 aromatic carbocycles. The minimum atomic E-state index is -0.127. The van der Waals surface area contributed by atoms with Gasteiger partial charge in [-0.2, -0.15) is 0 Å². The summed E-state index contributed by atoms with van der Waals surface area (Å²) in [4.78, 5) is 1.88. The number of hydrogen-bond acceptors (Lipinski definition) is 1. The molecular weight excluding hydrogens is 725 g/mol. The minimum absolute atomic E-state index is 0.106. The van der Waals surface area contributed by atoms with Crippen LogP contribution in [-0.4, -0.2) is 4.57 Å². The second kappa shape index (κ2) is 15.1. The highest BCUT2D eigenvalue weighted by atomic mass is 15.1. The highest BCUT2D eigenvalue weighted by Crippen LogP contribution is 2.42. The van der Waals surface area contributed by atoms with Crippen molar-refractivity contribution in [3.05, 3.63) is 243 Å². The van der Waals surface area contributed by atoms with Crippen LogP contribution in [0.1, 0.15) is 5.48 Å². The minimum Gasteiger partial charge on any atom is -0.310 e. The fourth-order valence-electron chi connectivity index (χ4n) is 8.49. The normalized spacial score (nSPS) is 12.3. The van der Waals surface area contributed by atoms with E-state index >= 15 is 0 Å². The first kappa shape index (κ1) is 31.1. The predicted molar refractivity (Wildman–Crippen MR) is 255 cm³/mol. The maximum absolute atomic E-state index is 9.73.